The monoisotopic (exact) mass is 796 g/mol. The minimum atomic E-state index is 0.458. The van der Waals surface area contributed by atoms with E-state index in [2.05, 4.69) is 192 Å². The summed E-state index contributed by atoms with van der Waals surface area (Å²) in [4.78, 5) is 14.4. The lowest BCUT2D eigenvalue weighted by Crippen LogP contribution is -2.18. The molecule has 3 aromatic heterocycles. The number of hydrogen-bond acceptors (Lipinski definition) is 4. The van der Waals surface area contributed by atoms with Gasteiger partial charge in [-0.1, -0.05) is 152 Å². The van der Waals surface area contributed by atoms with Gasteiger partial charge in [0.05, 0.1) is 22.1 Å². The molecule has 0 bridgehead atoms. The molecule has 2 unspecified atom stereocenters. The van der Waals surface area contributed by atoms with E-state index < -0.39 is 0 Å². The van der Waals surface area contributed by atoms with Crippen LogP contribution in [0, 0.1) is 35.5 Å². The van der Waals surface area contributed by atoms with E-state index in [0.717, 1.165) is 41.3 Å². The summed E-state index contributed by atoms with van der Waals surface area (Å²) in [6.07, 6.45) is 5.17. The van der Waals surface area contributed by atoms with E-state index in [1.54, 1.807) is 0 Å². The van der Waals surface area contributed by atoms with Crippen LogP contribution in [0.3, 0.4) is 0 Å². The van der Waals surface area contributed by atoms with E-state index in [-0.39, 0.29) is 0 Å². The molecular formula is C50H93N5S. The van der Waals surface area contributed by atoms with Gasteiger partial charge in [0.2, 0.25) is 0 Å². The number of nitrogens with zero attached hydrogens (tertiary/aromatic N) is 4. The highest BCUT2D eigenvalue weighted by molar-refractivity contribution is 7.12. The van der Waals surface area contributed by atoms with Gasteiger partial charge in [-0.05, 0) is 103 Å². The van der Waals surface area contributed by atoms with E-state index in [0.29, 0.717) is 53.4 Å². The van der Waals surface area contributed by atoms with Crippen LogP contribution in [-0.2, 0) is 0 Å². The van der Waals surface area contributed by atoms with Crippen molar-refractivity contribution in [3.63, 3.8) is 0 Å². The lowest BCUT2D eigenvalue weighted by Gasteiger charge is -2.26. The summed E-state index contributed by atoms with van der Waals surface area (Å²) in [5, 5.41) is 5.94. The van der Waals surface area contributed by atoms with Crippen molar-refractivity contribution in [2.45, 2.75) is 232 Å². The van der Waals surface area contributed by atoms with Crippen molar-refractivity contribution in [1.82, 2.24) is 24.7 Å². The Morgan fingerprint density at radius 3 is 1.27 bits per heavy atom. The summed E-state index contributed by atoms with van der Waals surface area (Å²) in [5.41, 5.74) is 6.52. The Morgan fingerprint density at radius 1 is 0.518 bits per heavy atom. The number of aromatic amines is 1. The predicted octanol–water partition coefficient (Wildman–Crippen LogP) is 16.6. The SMILES string of the molecule is CC(C)C1CC(C(C)C)C(C(C)C)C1.CC(C)c1cn(C(C)C)nc1C(C)C.CC(C)c1nc(C(C)C)c(C(C)C)[nH]1.CC(C)c1nc(C(C)C)c(C(C)C)s1. The molecule has 1 N–H and O–H groups in total. The standard InChI is InChI=1S/C14H28.2C12H22N2.C12H21NS/c1-9(2)12-7-13(10(3)4)14(8-12)11(5)6;1-8(2)11-7-14(10(5)6)13-12(11)9(3)4;2*1-7(2)10-11(8(3)4)14-12(13-10)9(5)6/h9-14H,7-8H2,1-6H3;7-10H,1-6H3;7-9H,1-6H3,(H,13,14);7-9H,1-6H3. The second kappa shape index (κ2) is 23.6. The van der Waals surface area contributed by atoms with E-state index >= 15 is 0 Å². The fraction of sp³-hybridized carbons (Fsp3) is 0.820. The van der Waals surface area contributed by atoms with E-state index in [1.807, 2.05) is 11.3 Å². The van der Waals surface area contributed by atoms with Crippen LogP contribution in [0.2, 0.25) is 0 Å². The lowest BCUT2D eigenvalue weighted by atomic mass is 9.80. The Morgan fingerprint density at radius 2 is 1.00 bits per heavy atom. The number of rotatable bonds is 12. The summed E-state index contributed by atoms with van der Waals surface area (Å²) < 4.78 is 2.07. The van der Waals surface area contributed by atoms with E-state index in [4.69, 9.17) is 4.98 Å². The van der Waals surface area contributed by atoms with Gasteiger partial charge in [0.15, 0.2) is 0 Å². The molecule has 1 aliphatic rings. The van der Waals surface area contributed by atoms with Gasteiger partial charge in [0, 0.05) is 34.6 Å². The molecule has 5 nitrogen and oxygen atoms in total. The molecule has 1 aliphatic carbocycles. The van der Waals surface area contributed by atoms with Crippen molar-refractivity contribution in [3.8, 4) is 0 Å². The van der Waals surface area contributed by atoms with Crippen molar-refractivity contribution >= 4 is 11.3 Å². The summed E-state index contributed by atoms with van der Waals surface area (Å²) in [7, 11) is 0. The second-order valence-corrected chi connectivity index (χ2v) is 21.9. The molecule has 0 aliphatic heterocycles. The molecule has 0 aromatic carbocycles. The maximum absolute atomic E-state index is 4.75. The normalized spacial score (nSPS) is 17.5. The first-order chi connectivity index (χ1) is 25.7. The van der Waals surface area contributed by atoms with Crippen molar-refractivity contribution in [2.24, 2.45) is 35.5 Å². The van der Waals surface area contributed by atoms with Crippen LogP contribution in [0.1, 0.15) is 276 Å². The predicted molar refractivity (Wildman–Crippen MR) is 250 cm³/mol. The van der Waals surface area contributed by atoms with Gasteiger partial charge < -0.3 is 4.98 Å². The third-order valence-electron chi connectivity index (χ3n) is 11.6. The Hall–Kier alpha value is -1.95. The molecule has 0 spiro atoms. The molecule has 0 saturated heterocycles. The fourth-order valence-corrected chi connectivity index (χ4v) is 9.04. The second-order valence-electron chi connectivity index (χ2n) is 20.8. The minimum absolute atomic E-state index is 0.458. The average Bonchev–Trinajstić information content (AvgIpc) is 3.89. The largest absolute Gasteiger partial charge is 0.345 e. The zero-order chi connectivity index (χ0) is 43.5. The number of hydrogen-bond donors (Lipinski definition) is 1. The van der Waals surface area contributed by atoms with Gasteiger partial charge in [0.25, 0.3) is 0 Å². The molecule has 4 rings (SSSR count). The Kier molecular flexibility index (Phi) is 21.9. The molecule has 3 aromatic rings. The summed E-state index contributed by atoms with van der Waals surface area (Å²) >= 11 is 1.89. The molecule has 0 radical (unpaired) electrons. The van der Waals surface area contributed by atoms with Crippen LogP contribution in [-0.4, -0.2) is 24.7 Å². The zero-order valence-electron chi connectivity index (χ0n) is 41.3. The average molecular weight is 796 g/mol. The van der Waals surface area contributed by atoms with Crippen molar-refractivity contribution < 1.29 is 0 Å². The highest BCUT2D eigenvalue weighted by atomic mass is 32.1. The maximum atomic E-state index is 4.75. The summed E-state index contributed by atoms with van der Waals surface area (Å²) in [6.45, 7) is 54.2. The van der Waals surface area contributed by atoms with Crippen molar-refractivity contribution in [1.29, 1.82) is 0 Å². The minimum Gasteiger partial charge on any atom is -0.345 e. The highest BCUT2D eigenvalue weighted by Crippen LogP contribution is 2.46. The number of nitrogens with one attached hydrogen (secondary N) is 1. The molecule has 2 atom stereocenters. The molecule has 56 heavy (non-hydrogen) atoms. The third kappa shape index (κ3) is 15.3. The Bertz CT molecular complexity index is 1270. The molecule has 6 heteroatoms. The van der Waals surface area contributed by atoms with Crippen LogP contribution in [0.5, 0.6) is 0 Å². The van der Waals surface area contributed by atoms with Gasteiger partial charge >= 0.3 is 0 Å². The lowest BCUT2D eigenvalue weighted by molar-refractivity contribution is 0.235. The molecule has 3 heterocycles. The van der Waals surface area contributed by atoms with Gasteiger partial charge in [-0.25, -0.2) is 9.97 Å². The van der Waals surface area contributed by atoms with Gasteiger partial charge in [-0.15, -0.1) is 11.3 Å². The fourth-order valence-electron chi connectivity index (χ4n) is 7.81. The number of thiazole rings is 1. The molecule has 324 valence electrons. The van der Waals surface area contributed by atoms with Crippen LogP contribution < -0.4 is 0 Å². The van der Waals surface area contributed by atoms with Gasteiger partial charge in [-0.3, -0.25) is 4.68 Å². The first kappa shape index (κ1) is 52.1. The Labute approximate surface area is 352 Å². The first-order valence-corrected chi connectivity index (χ1v) is 23.7. The summed E-state index contributed by atoms with van der Waals surface area (Å²) in [6, 6.07) is 0.458. The smallest absolute Gasteiger partial charge is 0.109 e. The van der Waals surface area contributed by atoms with Gasteiger partial charge in [0.1, 0.15) is 5.82 Å². The van der Waals surface area contributed by atoms with E-state index in [9.17, 15) is 0 Å². The molecular weight excluding hydrogens is 703 g/mol. The third-order valence-corrected chi connectivity index (χ3v) is 13.2. The molecule has 0 amide bonds. The van der Waals surface area contributed by atoms with E-state index in [1.165, 1.54) is 51.1 Å². The highest BCUT2D eigenvalue weighted by Gasteiger charge is 2.38. The molecule has 1 saturated carbocycles. The van der Waals surface area contributed by atoms with Crippen molar-refractivity contribution in [3.05, 3.63) is 50.2 Å². The first-order valence-electron chi connectivity index (χ1n) is 22.9. The van der Waals surface area contributed by atoms with Gasteiger partial charge in [-0.2, -0.15) is 5.10 Å². The van der Waals surface area contributed by atoms with Crippen LogP contribution in [0.15, 0.2) is 6.20 Å². The maximum Gasteiger partial charge on any atom is 0.109 e. The number of aromatic nitrogens is 5. The quantitative estimate of drug-likeness (QED) is 0.199. The van der Waals surface area contributed by atoms with Crippen molar-refractivity contribution in [2.75, 3.05) is 0 Å². The van der Waals surface area contributed by atoms with Crippen LogP contribution in [0.4, 0.5) is 0 Å². The van der Waals surface area contributed by atoms with Crippen LogP contribution >= 0.6 is 11.3 Å². The van der Waals surface area contributed by atoms with Crippen LogP contribution in [0.25, 0.3) is 0 Å². The zero-order valence-corrected chi connectivity index (χ0v) is 42.2. The Balaban J connectivity index is 0.000000373. The summed E-state index contributed by atoms with van der Waals surface area (Å²) in [5.74, 6) is 11.1. The number of imidazole rings is 1. The molecule has 1 fully saturated rings. The topological polar surface area (TPSA) is 59.4 Å². The number of H-pyrrole nitrogens is 1.